The molecule has 130 valence electrons. The van der Waals surface area contributed by atoms with Crippen molar-refractivity contribution in [3.8, 4) is 0 Å². The van der Waals surface area contributed by atoms with E-state index in [4.69, 9.17) is 4.74 Å². The van der Waals surface area contributed by atoms with E-state index in [1.54, 1.807) is 11.9 Å². The molecular weight excluding hydrogens is 304 g/mol. The molecule has 0 aromatic heterocycles. The highest BCUT2D eigenvalue weighted by Gasteiger charge is 2.42. The number of piperidine rings is 1. The number of hydrogen-bond donors (Lipinski definition) is 0. The van der Waals surface area contributed by atoms with Crippen molar-refractivity contribution in [2.75, 3.05) is 20.2 Å². The molecule has 5 nitrogen and oxygen atoms in total. The van der Waals surface area contributed by atoms with Crippen molar-refractivity contribution >= 4 is 11.8 Å². The molecule has 0 spiro atoms. The lowest BCUT2D eigenvalue weighted by atomic mass is 9.94. The average molecular weight is 330 g/mol. The Morgan fingerprint density at radius 3 is 2.58 bits per heavy atom. The summed E-state index contributed by atoms with van der Waals surface area (Å²) in [6, 6.07) is 7.85. The molecule has 2 fully saturated rings. The number of hydrogen-bond acceptors (Lipinski definition) is 3. The van der Waals surface area contributed by atoms with E-state index in [0.29, 0.717) is 0 Å². The Bertz CT molecular complexity index is 614. The Labute approximate surface area is 143 Å². The van der Waals surface area contributed by atoms with E-state index in [1.807, 2.05) is 36.1 Å². The molecule has 0 bridgehead atoms. The van der Waals surface area contributed by atoms with Gasteiger partial charge in [-0.05, 0) is 38.7 Å². The fourth-order valence-electron chi connectivity index (χ4n) is 3.67. The van der Waals surface area contributed by atoms with Gasteiger partial charge in [-0.1, -0.05) is 29.8 Å². The molecular formula is C19H26N2O3. The van der Waals surface area contributed by atoms with Gasteiger partial charge >= 0.3 is 0 Å². The lowest BCUT2D eigenvalue weighted by Crippen LogP contribution is -2.56. The number of ether oxygens (including phenoxy) is 1. The maximum Gasteiger partial charge on any atom is 0.254 e. The Balaban J connectivity index is 1.89. The number of amides is 2. The molecule has 1 aromatic rings. The zero-order chi connectivity index (χ0) is 17.3. The number of nitrogens with zero attached hydrogens (tertiary/aromatic N) is 2. The standard InChI is InChI=1S/C19H26N2O3/c1-13-7-9-15(10-8-13)17-18(24-12-16(22)20(17)3)19(23)21-11-5-4-6-14(21)2/h7-10,14,17-18H,4-6,11-12H2,1-3H3/t14-,17-,18+/m1/s1. The molecule has 0 radical (unpaired) electrons. The average Bonchev–Trinajstić information content (AvgIpc) is 2.58. The molecule has 2 aliphatic rings. The number of carbonyl (C=O) groups is 2. The van der Waals surface area contributed by atoms with Crippen LogP contribution in [0.3, 0.4) is 0 Å². The van der Waals surface area contributed by atoms with Crippen molar-refractivity contribution in [1.29, 1.82) is 0 Å². The highest BCUT2D eigenvalue weighted by Crippen LogP contribution is 2.31. The van der Waals surface area contributed by atoms with Gasteiger partial charge in [0.1, 0.15) is 6.61 Å². The van der Waals surface area contributed by atoms with Crippen LogP contribution in [-0.2, 0) is 14.3 Å². The van der Waals surface area contributed by atoms with Crippen LogP contribution in [0.5, 0.6) is 0 Å². The van der Waals surface area contributed by atoms with E-state index >= 15 is 0 Å². The van der Waals surface area contributed by atoms with Crippen LogP contribution >= 0.6 is 0 Å². The molecule has 2 aliphatic heterocycles. The summed E-state index contributed by atoms with van der Waals surface area (Å²) in [6.07, 6.45) is 2.60. The van der Waals surface area contributed by atoms with E-state index in [0.717, 1.165) is 36.9 Å². The highest BCUT2D eigenvalue weighted by atomic mass is 16.5. The number of aryl methyl sites for hydroxylation is 1. The summed E-state index contributed by atoms with van der Waals surface area (Å²) < 4.78 is 5.74. The lowest BCUT2D eigenvalue weighted by molar-refractivity contribution is -0.169. The maximum absolute atomic E-state index is 13.1. The van der Waals surface area contributed by atoms with Crippen molar-refractivity contribution in [3.05, 3.63) is 35.4 Å². The summed E-state index contributed by atoms with van der Waals surface area (Å²) in [7, 11) is 1.76. The summed E-state index contributed by atoms with van der Waals surface area (Å²) in [5, 5.41) is 0. The quantitative estimate of drug-likeness (QED) is 0.836. The van der Waals surface area contributed by atoms with Gasteiger partial charge in [0, 0.05) is 19.6 Å². The van der Waals surface area contributed by atoms with E-state index < -0.39 is 6.10 Å². The van der Waals surface area contributed by atoms with Gasteiger partial charge in [-0.25, -0.2) is 0 Å². The molecule has 0 unspecified atom stereocenters. The van der Waals surface area contributed by atoms with E-state index in [2.05, 4.69) is 6.92 Å². The van der Waals surface area contributed by atoms with Gasteiger partial charge in [0.2, 0.25) is 5.91 Å². The third-order valence-corrected chi connectivity index (χ3v) is 5.23. The Kier molecular flexibility index (Phi) is 4.90. The Morgan fingerprint density at radius 2 is 1.92 bits per heavy atom. The van der Waals surface area contributed by atoms with E-state index in [-0.39, 0.29) is 30.5 Å². The molecule has 2 saturated heterocycles. The number of likely N-dealkylation sites (N-methyl/N-ethyl adjacent to an activating group) is 1. The summed E-state index contributed by atoms with van der Waals surface area (Å²) in [6.45, 7) is 4.86. The number of likely N-dealkylation sites (tertiary alicyclic amines) is 1. The minimum atomic E-state index is -0.629. The van der Waals surface area contributed by atoms with E-state index in [9.17, 15) is 9.59 Å². The molecule has 1 aromatic carbocycles. The van der Waals surface area contributed by atoms with Crippen molar-refractivity contribution < 1.29 is 14.3 Å². The summed E-state index contributed by atoms with van der Waals surface area (Å²) in [5.41, 5.74) is 2.09. The third kappa shape index (κ3) is 3.18. The minimum Gasteiger partial charge on any atom is -0.356 e. The fraction of sp³-hybridized carbons (Fsp3) is 0.579. The predicted octanol–water partition coefficient (Wildman–Crippen LogP) is 2.29. The van der Waals surface area contributed by atoms with Gasteiger partial charge in [0.15, 0.2) is 6.10 Å². The van der Waals surface area contributed by atoms with Gasteiger partial charge in [0.25, 0.3) is 5.91 Å². The Morgan fingerprint density at radius 1 is 1.21 bits per heavy atom. The largest absolute Gasteiger partial charge is 0.356 e. The molecule has 0 N–H and O–H groups in total. The first-order valence-electron chi connectivity index (χ1n) is 8.73. The van der Waals surface area contributed by atoms with Crippen LogP contribution in [0.2, 0.25) is 0 Å². The molecule has 3 atom stereocenters. The highest BCUT2D eigenvalue weighted by molar-refractivity contribution is 5.86. The van der Waals surface area contributed by atoms with Gasteiger partial charge in [-0.15, -0.1) is 0 Å². The smallest absolute Gasteiger partial charge is 0.254 e. The normalized spacial score (nSPS) is 28.1. The van der Waals surface area contributed by atoms with Crippen LogP contribution in [-0.4, -0.2) is 54.0 Å². The lowest BCUT2D eigenvalue weighted by Gasteiger charge is -2.42. The van der Waals surface area contributed by atoms with Crippen molar-refractivity contribution in [3.63, 3.8) is 0 Å². The second-order valence-corrected chi connectivity index (χ2v) is 6.97. The van der Waals surface area contributed by atoms with Gasteiger partial charge in [-0.3, -0.25) is 9.59 Å². The first kappa shape index (κ1) is 17.0. The molecule has 2 amide bonds. The van der Waals surface area contributed by atoms with Crippen LogP contribution in [0.15, 0.2) is 24.3 Å². The van der Waals surface area contributed by atoms with Gasteiger partial charge in [-0.2, -0.15) is 0 Å². The molecule has 0 aliphatic carbocycles. The number of carbonyl (C=O) groups excluding carboxylic acids is 2. The van der Waals surface area contributed by atoms with E-state index in [1.165, 1.54) is 0 Å². The summed E-state index contributed by atoms with van der Waals surface area (Å²) >= 11 is 0. The maximum atomic E-state index is 13.1. The first-order chi connectivity index (χ1) is 11.5. The molecule has 0 saturated carbocycles. The van der Waals surface area contributed by atoms with Crippen LogP contribution in [0.4, 0.5) is 0 Å². The molecule has 2 heterocycles. The third-order valence-electron chi connectivity index (χ3n) is 5.23. The van der Waals surface area contributed by atoms with Crippen molar-refractivity contribution in [2.45, 2.75) is 51.3 Å². The predicted molar refractivity (Wildman–Crippen MR) is 91.5 cm³/mol. The number of benzene rings is 1. The zero-order valence-electron chi connectivity index (χ0n) is 14.7. The topological polar surface area (TPSA) is 49.9 Å². The van der Waals surface area contributed by atoms with Crippen LogP contribution < -0.4 is 0 Å². The Hall–Kier alpha value is -1.88. The first-order valence-corrected chi connectivity index (χ1v) is 8.73. The van der Waals surface area contributed by atoms with Crippen LogP contribution in [0.25, 0.3) is 0 Å². The minimum absolute atomic E-state index is 0.00660. The summed E-state index contributed by atoms with van der Waals surface area (Å²) in [5.74, 6) is -0.0801. The fourth-order valence-corrected chi connectivity index (χ4v) is 3.67. The second-order valence-electron chi connectivity index (χ2n) is 6.97. The number of morpholine rings is 1. The molecule has 24 heavy (non-hydrogen) atoms. The van der Waals surface area contributed by atoms with Gasteiger partial charge in [0.05, 0.1) is 6.04 Å². The monoisotopic (exact) mass is 330 g/mol. The zero-order valence-corrected chi connectivity index (χ0v) is 14.7. The van der Waals surface area contributed by atoms with Gasteiger partial charge < -0.3 is 14.5 Å². The van der Waals surface area contributed by atoms with Crippen LogP contribution in [0.1, 0.15) is 43.4 Å². The van der Waals surface area contributed by atoms with Crippen molar-refractivity contribution in [1.82, 2.24) is 9.80 Å². The number of rotatable bonds is 2. The van der Waals surface area contributed by atoms with Crippen LogP contribution in [0, 0.1) is 6.92 Å². The summed E-state index contributed by atoms with van der Waals surface area (Å²) in [4.78, 5) is 28.8. The van der Waals surface area contributed by atoms with Crippen molar-refractivity contribution in [2.24, 2.45) is 0 Å². The molecule has 5 heteroatoms. The second kappa shape index (κ2) is 6.93. The molecule has 3 rings (SSSR count). The SMILES string of the molecule is Cc1ccc([C@@H]2[C@@H](C(=O)N3CCCC[C@H]3C)OCC(=O)N2C)cc1.